The zero-order valence-electron chi connectivity index (χ0n) is 8.58. The predicted molar refractivity (Wildman–Crippen MR) is 54.1 cm³/mol. The van der Waals surface area contributed by atoms with Gasteiger partial charge < -0.3 is 4.74 Å². The summed E-state index contributed by atoms with van der Waals surface area (Å²) in [6, 6.07) is 4.05. The fourth-order valence-electron chi connectivity index (χ4n) is 1.26. The van der Waals surface area contributed by atoms with Crippen molar-refractivity contribution in [2.24, 2.45) is 0 Å². The second-order valence-electron chi connectivity index (χ2n) is 3.14. The summed E-state index contributed by atoms with van der Waals surface area (Å²) < 4.78 is 5.45. The van der Waals surface area contributed by atoms with Crippen LogP contribution in [0, 0.1) is 0 Å². The van der Waals surface area contributed by atoms with Crippen molar-refractivity contribution >= 4 is 0 Å². The average Bonchev–Trinajstić information content (AvgIpc) is 2.18. The van der Waals surface area contributed by atoms with Gasteiger partial charge in [-0.25, -0.2) is 4.98 Å². The van der Waals surface area contributed by atoms with Crippen LogP contribution in [0.25, 0.3) is 0 Å². The topological polar surface area (TPSA) is 22.1 Å². The normalized spacial score (nSPS) is 12.5. The zero-order chi connectivity index (χ0) is 9.68. The minimum absolute atomic E-state index is 0.523. The van der Waals surface area contributed by atoms with E-state index < -0.39 is 0 Å². The van der Waals surface area contributed by atoms with E-state index in [9.17, 15) is 0 Å². The van der Waals surface area contributed by atoms with Crippen LogP contribution in [0.3, 0.4) is 0 Å². The van der Waals surface area contributed by atoms with Crippen LogP contribution in [0.2, 0.25) is 0 Å². The van der Waals surface area contributed by atoms with Gasteiger partial charge in [0.2, 0.25) is 5.88 Å². The summed E-state index contributed by atoms with van der Waals surface area (Å²) in [7, 11) is 0. The number of rotatable bonds is 4. The second kappa shape index (κ2) is 4.85. The van der Waals surface area contributed by atoms with E-state index in [1.807, 2.05) is 13.0 Å². The Kier molecular flexibility index (Phi) is 3.74. The van der Waals surface area contributed by atoms with Gasteiger partial charge in [0.1, 0.15) is 0 Å². The molecule has 0 radical (unpaired) electrons. The molecule has 1 unspecified atom stereocenters. The Morgan fingerprint density at radius 2 is 2.23 bits per heavy atom. The SMILES string of the molecule is CCOc1ncccc1C(C)CC. The molecule has 0 fully saturated rings. The van der Waals surface area contributed by atoms with Gasteiger partial charge in [-0.3, -0.25) is 0 Å². The maximum absolute atomic E-state index is 5.45. The molecule has 1 atom stereocenters. The Balaban J connectivity index is 2.90. The molecule has 0 spiro atoms. The number of pyridine rings is 1. The Morgan fingerprint density at radius 1 is 1.46 bits per heavy atom. The highest BCUT2D eigenvalue weighted by atomic mass is 16.5. The highest BCUT2D eigenvalue weighted by molar-refractivity contribution is 5.28. The second-order valence-corrected chi connectivity index (χ2v) is 3.14. The summed E-state index contributed by atoms with van der Waals surface area (Å²) in [6.45, 7) is 7.03. The third-order valence-electron chi connectivity index (χ3n) is 2.22. The third kappa shape index (κ3) is 2.44. The highest BCUT2D eigenvalue weighted by Gasteiger charge is 2.09. The van der Waals surface area contributed by atoms with Crippen LogP contribution in [0.4, 0.5) is 0 Å². The quantitative estimate of drug-likeness (QED) is 0.708. The lowest BCUT2D eigenvalue weighted by Gasteiger charge is -2.12. The number of hydrogen-bond acceptors (Lipinski definition) is 2. The fourth-order valence-corrected chi connectivity index (χ4v) is 1.26. The van der Waals surface area contributed by atoms with Crippen molar-refractivity contribution in [2.45, 2.75) is 33.1 Å². The molecule has 0 aliphatic carbocycles. The van der Waals surface area contributed by atoms with Crippen LogP contribution < -0.4 is 4.74 Å². The van der Waals surface area contributed by atoms with Crippen molar-refractivity contribution in [3.05, 3.63) is 23.9 Å². The van der Waals surface area contributed by atoms with Gasteiger partial charge in [0, 0.05) is 11.8 Å². The van der Waals surface area contributed by atoms with E-state index in [1.165, 1.54) is 5.56 Å². The van der Waals surface area contributed by atoms with E-state index in [4.69, 9.17) is 4.74 Å². The van der Waals surface area contributed by atoms with E-state index in [-0.39, 0.29) is 0 Å². The zero-order valence-corrected chi connectivity index (χ0v) is 8.58. The van der Waals surface area contributed by atoms with Crippen molar-refractivity contribution in [1.82, 2.24) is 4.98 Å². The molecule has 0 amide bonds. The van der Waals surface area contributed by atoms with Gasteiger partial charge in [-0.05, 0) is 25.3 Å². The van der Waals surface area contributed by atoms with Crippen molar-refractivity contribution < 1.29 is 4.74 Å². The molecule has 0 N–H and O–H groups in total. The number of ether oxygens (including phenoxy) is 1. The third-order valence-corrected chi connectivity index (χ3v) is 2.22. The molecule has 0 saturated carbocycles. The van der Waals surface area contributed by atoms with Crippen LogP contribution in [0.1, 0.15) is 38.7 Å². The molecule has 0 aromatic carbocycles. The maximum atomic E-state index is 5.45. The van der Waals surface area contributed by atoms with Crippen LogP contribution in [-0.2, 0) is 0 Å². The average molecular weight is 179 g/mol. The molecule has 2 heteroatoms. The first-order valence-corrected chi connectivity index (χ1v) is 4.87. The van der Waals surface area contributed by atoms with E-state index in [2.05, 4.69) is 24.9 Å². The van der Waals surface area contributed by atoms with E-state index in [0.29, 0.717) is 12.5 Å². The largest absolute Gasteiger partial charge is 0.478 e. The van der Waals surface area contributed by atoms with Crippen LogP contribution in [0.5, 0.6) is 5.88 Å². The Hall–Kier alpha value is -1.05. The van der Waals surface area contributed by atoms with Crippen LogP contribution >= 0.6 is 0 Å². The van der Waals surface area contributed by atoms with Crippen molar-refractivity contribution in [3.8, 4) is 5.88 Å². The van der Waals surface area contributed by atoms with Gasteiger partial charge in [-0.15, -0.1) is 0 Å². The van der Waals surface area contributed by atoms with Crippen molar-refractivity contribution in [2.75, 3.05) is 6.61 Å². The summed E-state index contributed by atoms with van der Waals surface area (Å²) in [4.78, 5) is 4.22. The van der Waals surface area contributed by atoms with Gasteiger partial charge in [0.25, 0.3) is 0 Å². The van der Waals surface area contributed by atoms with Gasteiger partial charge in [0.05, 0.1) is 6.61 Å². The first-order valence-electron chi connectivity index (χ1n) is 4.87. The molecule has 1 rings (SSSR count). The van der Waals surface area contributed by atoms with Crippen LogP contribution in [-0.4, -0.2) is 11.6 Å². The van der Waals surface area contributed by atoms with Crippen molar-refractivity contribution in [3.63, 3.8) is 0 Å². The number of aromatic nitrogens is 1. The van der Waals surface area contributed by atoms with Crippen LogP contribution in [0.15, 0.2) is 18.3 Å². The molecule has 0 saturated heterocycles. The molecule has 0 aliphatic heterocycles. The molecule has 0 aliphatic rings. The first kappa shape index (κ1) is 10.0. The van der Waals surface area contributed by atoms with Gasteiger partial charge in [-0.1, -0.05) is 19.9 Å². The van der Waals surface area contributed by atoms with Crippen molar-refractivity contribution in [1.29, 1.82) is 0 Å². The van der Waals surface area contributed by atoms with Gasteiger partial charge in [0.15, 0.2) is 0 Å². The molecule has 1 aromatic rings. The lowest BCUT2D eigenvalue weighted by Crippen LogP contribution is -2.01. The highest BCUT2D eigenvalue weighted by Crippen LogP contribution is 2.25. The first-order chi connectivity index (χ1) is 6.29. The smallest absolute Gasteiger partial charge is 0.216 e. The van der Waals surface area contributed by atoms with Gasteiger partial charge in [-0.2, -0.15) is 0 Å². The minimum atomic E-state index is 0.523. The van der Waals surface area contributed by atoms with E-state index in [1.54, 1.807) is 6.20 Å². The Bertz CT molecular complexity index is 260. The molecule has 1 aromatic heterocycles. The summed E-state index contributed by atoms with van der Waals surface area (Å²) in [5, 5.41) is 0. The summed E-state index contributed by atoms with van der Waals surface area (Å²) in [6.07, 6.45) is 2.89. The standard InChI is InChI=1S/C11H17NO/c1-4-9(3)10-7-6-8-12-11(10)13-5-2/h6-9H,4-5H2,1-3H3. The lowest BCUT2D eigenvalue weighted by atomic mass is 10.0. The lowest BCUT2D eigenvalue weighted by molar-refractivity contribution is 0.320. The molecular formula is C11H17NO. The summed E-state index contributed by atoms with van der Waals surface area (Å²) in [5.74, 6) is 1.31. The monoisotopic (exact) mass is 179 g/mol. The van der Waals surface area contributed by atoms with Gasteiger partial charge >= 0.3 is 0 Å². The molecular weight excluding hydrogens is 162 g/mol. The van der Waals surface area contributed by atoms with E-state index in [0.717, 1.165) is 12.3 Å². The predicted octanol–water partition coefficient (Wildman–Crippen LogP) is 2.99. The minimum Gasteiger partial charge on any atom is -0.478 e. The van der Waals surface area contributed by atoms with E-state index >= 15 is 0 Å². The summed E-state index contributed by atoms with van der Waals surface area (Å²) in [5.41, 5.74) is 1.21. The molecule has 72 valence electrons. The Morgan fingerprint density at radius 3 is 2.85 bits per heavy atom. The molecule has 1 heterocycles. The molecule has 2 nitrogen and oxygen atoms in total. The number of hydrogen-bond donors (Lipinski definition) is 0. The molecule has 13 heavy (non-hydrogen) atoms. The summed E-state index contributed by atoms with van der Waals surface area (Å²) >= 11 is 0. The Labute approximate surface area is 80.0 Å². The molecule has 0 bridgehead atoms. The fraction of sp³-hybridized carbons (Fsp3) is 0.545. The maximum Gasteiger partial charge on any atom is 0.216 e. The number of nitrogens with zero attached hydrogens (tertiary/aromatic N) is 1.